The zero-order valence-corrected chi connectivity index (χ0v) is 20.0. The summed E-state index contributed by atoms with van der Waals surface area (Å²) in [6.45, 7) is 7.94. The third-order valence-corrected chi connectivity index (χ3v) is 8.44. The fourth-order valence-electron chi connectivity index (χ4n) is 7.01. The maximum atomic E-state index is 7.02. The van der Waals surface area contributed by atoms with Crippen molar-refractivity contribution in [1.29, 1.82) is 0 Å². The van der Waals surface area contributed by atoms with Gasteiger partial charge < -0.3 is 14.2 Å². The van der Waals surface area contributed by atoms with E-state index in [1.807, 2.05) is 0 Å². The zero-order valence-electron chi connectivity index (χ0n) is 20.0. The quantitative estimate of drug-likeness (QED) is 0.387. The number of fused-ring (bicyclic) bond motifs is 4. The van der Waals surface area contributed by atoms with Crippen molar-refractivity contribution >= 4 is 33.3 Å². The van der Waals surface area contributed by atoms with Gasteiger partial charge in [-0.1, -0.05) is 13.3 Å². The molecule has 0 amide bonds. The van der Waals surface area contributed by atoms with Gasteiger partial charge in [0, 0.05) is 66.0 Å². The summed E-state index contributed by atoms with van der Waals surface area (Å²) in [6, 6.07) is 4.91. The minimum Gasteiger partial charge on any atom is -0.455 e. The molecule has 0 fully saturated rings. The number of nitrogens with zero attached hydrogens (tertiary/aromatic N) is 3. The summed E-state index contributed by atoms with van der Waals surface area (Å²) in [7, 11) is 0. The fourth-order valence-corrected chi connectivity index (χ4v) is 7.01. The number of rotatable bonds is 3. The van der Waals surface area contributed by atoms with Crippen molar-refractivity contribution in [2.24, 2.45) is 4.99 Å². The smallest absolute Gasteiger partial charge is 0.142 e. The van der Waals surface area contributed by atoms with Crippen LogP contribution in [0.5, 0.6) is 0 Å². The van der Waals surface area contributed by atoms with Crippen molar-refractivity contribution in [3.63, 3.8) is 0 Å². The van der Waals surface area contributed by atoms with Crippen molar-refractivity contribution in [3.05, 3.63) is 39.7 Å². The van der Waals surface area contributed by atoms with Crippen LogP contribution in [0.15, 0.2) is 21.5 Å². The lowest BCUT2D eigenvalue weighted by Crippen LogP contribution is -2.35. The van der Waals surface area contributed by atoms with E-state index >= 15 is 0 Å². The van der Waals surface area contributed by atoms with Crippen molar-refractivity contribution in [1.82, 2.24) is 0 Å². The van der Waals surface area contributed by atoms with Gasteiger partial charge in [0.25, 0.3) is 0 Å². The predicted octanol–water partition coefficient (Wildman–Crippen LogP) is 5.68. The van der Waals surface area contributed by atoms with E-state index in [1.54, 1.807) is 0 Å². The Balaban J connectivity index is 1.61. The second-order valence-electron chi connectivity index (χ2n) is 10.6. The Hall–Kier alpha value is -2.49. The Bertz CT molecular complexity index is 1240. The van der Waals surface area contributed by atoms with Gasteiger partial charge in [-0.05, 0) is 81.0 Å². The first-order valence-electron chi connectivity index (χ1n) is 13.4. The minimum absolute atomic E-state index is 0.905. The predicted molar refractivity (Wildman–Crippen MR) is 137 cm³/mol. The Labute approximate surface area is 196 Å². The van der Waals surface area contributed by atoms with Gasteiger partial charge in [0.05, 0.1) is 5.36 Å². The van der Waals surface area contributed by atoms with Crippen LogP contribution >= 0.6 is 0 Å². The molecule has 4 aliphatic heterocycles. The van der Waals surface area contributed by atoms with Crippen molar-refractivity contribution in [2.75, 3.05) is 42.5 Å². The van der Waals surface area contributed by atoms with Gasteiger partial charge in [0.15, 0.2) is 0 Å². The van der Waals surface area contributed by atoms with Gasteiger partial charge in [-0.25, -0.2) is 0 Å². The lowest BCUT2D eigenvalue weighted by Gasteiger charge is -2.38. The molecule has 0 saturated carbocycles. The number of anilines is 2. The molecule has 0 saturated heterocycles. The average molecular weight is 442 g/mol. The van der Waals surface area contributed by atoms with Gasteiger partial charge in [0.2, 0.25) is 0 Å². The molecule has 0 atom stereocenters. The number of hydrogen-bond acceptors (Lipinski definition) is 4. The molecule has 33 heavy (non-hydrogen) atoms. The summed E-state index contributed by atoms with van der Waals surface area (Å²) in [5, 5.41) is 3.75. The molecule has 0 N–H and O–H groups in total. The molecule has 4 nitrogen and oxygen atoms in total. The van der Waals surface area contributed by atoms with Crippen LogP contribution < -0.4 is 15.2 Å². The van der Waals surface area contributed by atoms with E-state index in [4.69, 9.17) is 9.41 Å². The van der Waals surface area contributed by atoms with Crippen LogP contribution in [0.1, 0.15) is 67.7 Å². The monoisotopic (exact) mass is 441 g/mol. The molecule has 1 aromatic heterocycles. The number of benzene rings is 2. The van der Waals surface area contributed by atoms with Crippen LogP contribution in [0.4, 0.5) is 11.4 Å². The van der Waals surface area contributed by atoms with E-state index < -0.39 is 0 Å². The third-order valence-electron chi connectivity index (χ3n) is 8.44. The van der Waals surface area contributed by atoms with Gasteiger partial charge in [-0.3, -0.25) is 4.99 Å². The van der Waals surface area contributed by atoms with Gasteiger partial charge in [0.1, 0.15) is 11.2 Å². The van der Waals surface area contributed by atoms with Crippen molar-refractivity contribution in [2.45, 2.75) is 71.1 Å². The Kier molecular flexibility index (Phi) is 4.70. The molecule has 2 aromatic carbocycles. The van der Waals surface area contributed by atoms with Crippen molar-refractivity contribution in [3.8, 4) is 0 Å². The molecule has 0 unspecified atom stereocenters. The summed E-state index contributed by atoms with van der Waals surface area (Å²) in [5.74, 6) is 0. The largest absolute Gasteiger partial charge is 0.455 e. The van der Waals surface area contributed by atoms with E-state index in [0.29, 0.717) is 0 Å². The van der Waals surface area contributed by atoms with E-state index in [0.717, 1.165) is 37.0 Å². The molecule has 4 aliphatic rings. The highest BCUT2D eigenvalue weighted by molar-refractivity contribution is 5.98. The van der Waals surface area contributed by atoms with E-state index in [2.05, 4.69) is 28.9 Å². The van der Waals surface area contributed by atoms with Gasteiger partial charge in [-0.2, -0.15) is 0 Å². The number of unbranched alkanes of at least 4 members (excludes halogenated alkanes) is 1. The van der Waals surface area contributed by atoms with Crippen LogP contribution in [0, 0.1) is 0 Å². The summed E-state index contributed by atoms with van der Waals surface area (Å²) < 4.78 is 7.02. The highest BCUT2D eigenvalue weighted by Gasteiger charge is 2.30. The average Bonchev–Trinajstić information content (AvgIpc) is 2.85. The summed E-state index contributed by atoms with van der Waals surface area (Å²) >= 11 is 0. The van der Waals surface area contributed by atoms with Crippen molar-refractivity contribution < 1.29 is 4.42 Å². The molecule has 3 aromatic rings. The highest BCUT2D eigenvalue weighted by Crippen LogP contribution is 2.43. The summed E-state index contributed by atoms with van der Waals surface area (Å²) in [4.78, 5) is 10.5. The van der Waals surface area contributed by atoms with Gasteiger partial charge in [-0.15, -0.1) is 0 Å². The van der Waals surface area contributed by atoms with E-state index in [1.165, 1.54) is 121 Å². The second kappa shape index (κ2) is 7.78. The van der Waals surface area contributed by atoms with Crippen LogP contribution in [0.3, 0.4) is 0 Å². The molecule has 5 heterocycles. The Morgan fingerprint density at radius 1 is 0.758 bits per heavy atom. The lowest BCUT2D eigenvalue weighted by atomic mass is 9.87. The lowest BCUT2D eigenvalue weighted by molar-refractivity contribution is 0.600. The van der Waals surface area contributed by atoms with E-state index in [9.17, 15) is 0 Å². The molecule has 0 radical (unpaired) electrons. The number of aryl methyl sites for hydroxylation is 4. The third kappa shape index (κ3) is 2.98. The first kappa shape index (κ1) is 19.9. The van der Waals surface area contributed by atoms with E-state index in [-0.39, 0.29) is 0 Å². The zero-order chi connectivity index (χ0) is 21.9. The van der Waals surface area contributed by atoms with Crippen LogP contribution in [0.2, 0.25) is 0 Å². The molecule has 0 spiro atoms. The van der Waals surface area contributed by atoms with Crippen LogP contribution in [-0.4, -0.2) is 32.7 Å². The SMILES string of the molecule is CCCCN=c1c2cc3c4c(c2oc2c5c6c(cc12)CCCN6CCC5)CCCN4CCC3. The first-order chi connectivity index (χ1) is 16.3. The molecule has 172 valence electrons. The molecular formula is C29H35N3O. The van der Waals surface area contributed by atoms with Gasteiger partial charge >= 0.3 is 0 Å². The second-order valence-corrected chi connectivity index (χ2v) is 10.6. The highest BCUT2D eigenvalue weighted by atomic mass is 16.3. The number of hydrogen-bond donors (Lipinski definition) is 0. The normalized spacial score (nSPS) is 19.1. The standard InChI is InChI=1S/C29H35N3O/c1-2-3-12-30-25-23-17-19-8-4-13-31-15-6-10-21(26(19)31)28(23)33-29-22-11-7-16-32-14-5-9-20(27(22)32)18-24(25)29/h17-18H,2-16H2,1H3. The minimum atomic E-state index is 0.905. The maximum absolute atomic E-state index is 7.02. The maximum Gasteiger partial charge on any atom is 0.142 e. The van der Waals surface area contributed by atoms with Crippen LogP contribution in [0.25, 0.3) is 21.9 Å². The van der Waals surface area contributed by atoms with Crippen LogP contribution in [-0.2, 0) is 25.7 Å². The fraction of sp³-hybridized carbons (Fsp3) is 0.552. The summed E-state index contributed by atoms with van der Waals surface area (Å²) in [5.41, 5.74) is 11.2. The topological polar surface area (TPSA) is 32.0 Å². The Morgan fingerprint density at radius 2 is 1.27 bits per heavy atom. The molecular weight excluding hydrogens is 406 g/mol. The Morgan fingerprint density at radius 3 is 1.79 bits per heavy atom. The summed E-state index contributed by atoms with van der Waals surface area (Å²) in [6.07, 6.45) is 11.9. The first-order valence-corrected chi connectivity index (χ1v) is 13.4. The molecule has 7 rings (SSSR count). The molecule has 4 heteroatoms. The molecule has 0 aliphatic carbocycles. The molecule has 0 bridgehead atoms.